The van der Waals surface area contributed by atoms with Crippen LogP contribution in [0.5, 0.6) is 0 Å². The normalized spacial score (nSPS) is 22.5. The van der Waals surface area contributed by atoms with E-state index >= 15 is 0 Å². The van der Waals surface area contributed by atoms with Crippen LogP contribution in [0.15, 0.2) is 11.5 Å². The van der Waals surface area contributed by atoms with Crippen LogP contribution >= 0.6 is 11.8 Å². The van der Waals surface area contributed by atoms with Crippen LogP contribution in [0.25, 0.3) is 0 Å². The maximum atomic E-state index is 4.05. The van der Waals surface area contributed by atoms with Gasteiger partial charge in [-0.15, -0.1) is 10.2 Å². The first-order valence-corrected chi connectivity index (χ1v) is 6.05. The number of hydrogen-bond acceptors (Lipinski definition) is 4. The maximum absolute atomic E-state index is 4.05. The van der Waals surface area contributed by atoms with Gasteiger partial charge in [0.25, 0.3) is 0 Å². The Bertz CT molecular complexity index is 280. The van der Waals surface area contributed by atoms with Crippen molar-refractivity contribution in [1.29, 1.82) is 0 Å². The number of piperidine rings is 1. The highest BCUT2D eigenvalue weighted by Crippen LogP contribution is 2.18. The molecule has 0 amide bonds. The molecule has 14 heavy (non-hydrogen) atoms. The van der Waals surface area contributed by atoms with Crippen LogP contribution in [0, 0.1) is 0 Å². The number of nitrogens with zero attached hydrogens (tertiary/aromatic N) is 3. The molecule has 1 atom stereocenters. The molecule has 0 bridgehead atoms. The number of nitrogens with one attached hydrogen (secondary N) is 1. The molecule has 0 radical (unpaired) electrons. The van der Waals surface area contributed by atoms with Crippen molar-refractivity contribution in [2.75, 3.05) is 12.3 Å². The SMILES string of the molecule is Cn1cnnc1SC[C@H]1CCCCN1. The topological polar surface area (TPSA) is 42.7 Å². The van der Waals surface area contributed by atoms with E-state index in [-0.39, 0.29) is 0 Å². The smallest absolute Gasteiger partial charge is 0.190 e. The van der Waals surface area contributed by atoms with Crippen molar-refractivity contribution in [3.8, 4) is 0 Å². The Hall–Kier alpha value is -0.550. The lowest BCUT2D eigenvalue weighted by Crippen LogP contribution is -2.35. The highest BCUT2D eigenvalue weighted by Gasteiger charge is 2.13. The van der Waals surface area contributed by atoms with Gasteiger partial charge in [-0.05, 0) is 19.4 Å². The van der Waals surface area contributed by atoms with Crippen LogP contribution in [0.2, 0.25) is 0 Å². The van der Waals surface area contributed by atoms with Gasteiger partial charge >= 0.3 is 0 Å². The molecule has 2 rings (SSSR count). The van der Waals surface area contributed by atoms with E-state index < -0.39 is 0 Å². The summed E-state index contributed by atoms with van der Waals surface area (Å²) in [6, 6.07) is 0.658. The van der Waals surface area contributed by atoms with Crippen molar-refractivity contribution in [2.45, 2.75) is 30.5 Å². The van der Waals surface area contributed by atoms with Crippen molar-refractivity contribution in [3.05, 3.63) is 6.33 Å². The van der Waals surface area contributed by atoms with Crippen LogP contribution in [0.4, 0.5) is 0 Å². The molecule has 0 saturated carbocycles. The van der Waals surface area contributed by atoms with E-state index in [9.17, 15) is 0 Å². The van der Waals surface area contributed by atoms with Gasteiger partial charge in [-0.25, -0.2) is 0 Å². The lowest BCUT2D eigenvalue weighted by Gasteiger charge is -2.22. The largest absolute Gasteiger partial charge is 0.313 e. The van der Waals surface area contributed by atoms with Gasteiger partial charge in [0.2, 0.25) is 0 Å². The molecule has 0 aromatic carbocycles. The minimum absolute atomic E-state index is 0.658. The van der Waals surface area contributed by atoms with E-state index in [1.807, 2.05) is 11.6 Å². The van der Waals surface area contributed by atoms with Gasteiger partial charge < -0.3 is 9.88 Å². The molecule has 1 aliphatic heterocycles. The molecule has 0 spiro atoms. The summed E-state index contributed by atoms with van der Waals surface area (Å²) >= 11 is 1.79. The highest BCUT2D eigenvalue weighted by molar-refractivity contribution is 7.99. The summed E-state index contributed by atoms with van der Waals surface area (Å²) in [5, 5.41) is 12.4. The zero-order valence-corrected chi connectivity index (χ0v) is 9.26. The molecule has 1 aliphatic rings. The average Bonchev–Trinajstić information content (AvgIpc) is 2.63. The van der Waals surface area contributed by atoms with Crippen LogP contribution in [-0.4, -0.2) is 33.1 Å². The molecule has 2 heterocycles. The lowest BCUT2D eigenvalue weighted by molar-refractivity contribution is 0.429. The van der Waals surface area contributed by atoms with Gasteiger partial charge in [0.1, 0.15) is 6.33 Å². The highest BCUT2D eigenvalue weighted by atomic mass is 32.2. The van der Waals surface area contributed by atoms with Gasteiger partial charge in [-0.2, -0.15) is 0 Å². The molecule has 1 fully saturated rings. The maximum Gasteiger partial charge on any atom is 0.190 e. The zero-order chi connectivity index (χ0) is 9.80. The van der Waals surface area contributed by atoms with Crippen LogP contribution < -0.4 is 5.32 Å². The Labute approximate surface area is 88.5 Å². The Balaban J connectivity index is 1.79. The van der Waals surface area contributed by atoms with Crippen molar-refractivity contribution < 1.29 is 0 Å². The number of hydrogen-bond donors (Lipinski definition) is 1. The van der Waals surface area contributed by atoms with E-state index in [1.54, 1.807) is 18.1 Å². The number of thioether (sulfide) groups is 1. The van der Waals surface area contributed by atoms with E-state index in [1.165, 1.54) is 25.8 Å². The van der Waals surface area contributed by atoms with Gasteiger partial charge in [0.05, 0.1) is 0 Å². The molecule has 1 saturated heterocycles. The molecule has 4 nitrogen and oxygen atoms in total. The summed E-state index contributed by atoms with van der Waals surface area (Å²) in [5.41, 5.74) is 0. The minimum Gasteiger partial charge on any atom is -0.313 e. The predicted molar refractivity (Wildman–Crippen MR) is 57.4 cm³/mol. The third kappa shape index (κ3) is 2.48. The Morgan fingerprint density at radius 3 is 3.21 bits per heavy atom. The summed E-state index contributed by atoms with van der Waals surface area (Å²) in [6.45, 7) is 1.17. The second-order valence-electron chi connectivity index (χ2n) is 3.68. The van der Waals surface area contributed by atoms with Crippen molar-refractivity contribution in [3.63, 3.8) is 0 Å². The second kappa shape index (κ2) is 4.79. The predicted octanol–water partition coefficient (Wildman–Crippen LogP) is 1.05. The second-order valence-corrected chi connectivity index (χ2v) is 4.67. The molecule has 78 valence electrons. The fraction of sp³-hybridized carbons (Fsp3) is 0.778. The van der Waals surface area contributed by atoms with Crippen LogP contribution in [0.1, 0.15) is 19.3 Å². The Kier molecular flexibility index (Phi) is 3.42. The van der Waals surface area contributed by atoms with Crippen molar-refractivity contribution >= 4 is 11.8 Å². The molecule has 5 heteroatoms. The van der Waals surface area contributed by atoms with E-state index in [0.29, 0.717) is 6.04 Å². The molecule has 1 N–H and O–H groups in total. The van der Waals surface area contributed by atoms with Crippen molar-refractivity contribution in [2.24, 2.45) is 7.05 Å². The third-order valence-electron chi connectivity index (χ3n) is 2.50. The first kappa shape index (κ1) is 9.98. The monoisotopic (exact) mass is 212 g/mol. The van der Waals surface area contributed by atoms with E-state index in [2.05, 4.69) is 15.5 Å². The molecule has 0 aliphatic carbocycles. The first-order chi connectivity index (χ1) is 6.86. The third-order valence-corrected chi connectivity index (χ3v) is 3.69. The van der Waals surface area contributed by atoms with Crippen LogP contribution in [0.3, 0.4) is 0 Å². The van der Waals surface area contributed by atoms with Gasteiger partial charge in [0.15, 0.2) is 5.16 Å². The van der Waals surface area contributed by atoms with Gasteiger partial charge in [0, 0.05) is 18.8 Å². The molecule has 0 unspecified atom stereocenters. The average molecular weight is 212 g/mol. The summed E-state index contributed by atoms with van der Waals surface area (Å²) in [5.74, 6) is 1.10. The van der Waals surface area contributed by atoms with Gasteiger partial charge in [-0.1, -0.05) is 18.2 Å². The van der Waals surface area contributed by atoms with Crippen molar-refractivity contribution in [1.82, 2.24) is 20.1 Å². The number of aromatic nitrogens is 3. The molecular formula is C9H16N4S. The fourth-order valence-corrected chi connectivity index (χ4v) is 2.64. The lowest BCUT2D eigenvalue weighted by atomic mass is 10.1. The molecule has 1 aromatic heterocycles. The summed E-state index contributed by atoms with van der Waals surface area (Å²) in [7, 11) is 1.98. The van der Waals surface area contributed by atoms with Crippen LogP contribution in [-0.2, 0) is 7.05 Å². The standard InChI is InChI=1S/C9H16N4S/c1-13-7-11-12-9(13)14-6-8-4-2-3-5-10-8/h7-8,10H,2-6H2,1H3/t8-/m1/s1. The van der Waals surface area contributed by atoms with Gasteiger partial charge in [-0.3, -0.25) is 0 Å². The Morgan fingerprint density at radius 1 is 1.64 bits per heavy atom. The molecular weight excluding hydrogens is 196 g/mol. The molecule has 1 aromatic rings. The summed E-state index contributed by atoms with van der Waals surface area (Å²) < 4.78 is 1.97. The minimum atomic E-state index is 0.658. The summed E-state index contributed by atoms with van der Waals surface area (Å²) in [4.78, 5) is 0. The number of aryl methyl sites for hydroxylation is 1. The first-order valence-electron chi connectivity index (χ1n) is 5.06. The Morgan fingerprint density at radius 2 is 2.57 bits per heavy atom. The van der Waals surface area contributed by atoms with E-state index in [4.69, 9.17) is 0 Å². The summed E-state index contributed by atoms with van der Waals surface area (Å²) in [6.07, 6.45) is 5.73. The zero-order valence-electron chi connectivity index (χ0n) is 8.44. The fourth-order valence-electron chi connectivity index (χ4n) is 1.64. The quantitative estimate of drug-likeness (QED) is 0.761. The van der Waals surface area contributed by atoms with E-state index in [0.717, 1.165) is 10.9 Å². The number of rotatable bonds is 3.